The molecule has 1 aliphatic heterocycles. The predicted octanol–water partition coefficient (Wildman–Crippen LogP) is 3.53. The Morgan fingerprint density at radius 3 is 2.81 bits per heavy atom. The summed E-state index contributed by atoms with van der Waals surface area (Å²) in [7, 11) is 0. The lowest BCUT2D eigenvalue weighted by Crippen LogP contribution is -2.39. The van der Waals surface area contributed by atoms with Gasteiger partial charge in [0.05, 0.1) is 0 Å². The number of aromatic nitrogens is 3. The molecule has 1 aliphatic rings. The van der Waals surface area contributed by atoms with Gasteiger partial charge in [0.2, 0.25) is 0 Å². The Kier molecular flexibility index (Phi) is 4.28. The number of piperidine rings is 1. The molecule has 6 nitrogen and oxygen atoms in total. The Balaban J connectivity index is 1.49. The number of nitrogens with one attached hydrogen (secondary N) is 1. The maximum Gasteiger partial charge on any atom is 0.274 e. The maximum atomic E-state index is 13.1. The molecule has 0 spiro atoms. The molecule has 1 amide bonds. The fourth-order valence-corrected chi connectivity index (χ4v) is 3.29. The van der Waals surface area contributed by atoms with E-state index in [2.05, 4.69) is 15.1 Å². The molecule has 134 valence electrons. The summed E-state index contributed by atoms with van der Waals surface area (Å²) in [5.41, 5.74) is 2.30. The first-order valence-electron chi connectivity index (χ1n) is 8.64. The predicted molar refractivity (Wildman–Crippen MR) is 93.1 cm³/mol. The normalized spacial score (nSPS) is 17.5. The monoisotopic (exact) mass is 354 g/mol. The van der Waals surface area contributed by atoms with Crippen molar-refractivity contribution < 1.29 is 13.7 Å². The molecular formula is C19H19FN4O2. The van der Waals surface area contributed by atoms with Crippen molar-refractivity contribution in [1.82, 2.24) is 20.0 Å². The van der Waals surface area contributed by atoms with E-state index >= 15 is 0 Å². The summed E-state index contributed by atoms with van der Waals surface area (Å²) in [6.07, 6.45) is 1.76. The number of nitrogens with zero attached hydrogens (tertiary/aromatic N) is 3. The van der Waals surface area contributed by atoms with Crippen LogP contribution in [0.25, 0.3) is 11.6 Å². The zero-order valence-corrected chi connectivity index (χ0v) is 14.4. The number of hydrogen-bond acceptors (Lipinski definition) is 4. The Hall–Kier alpha value is -2.96. The van der Waals surface area contributed by atoms with E-state index in [4.69, 9.17) is 4.52 Å². The van der Waals surface area contributed by atoms with Gasteiger partial charge in [-0.3, -0.25) is 4.79 Å². The summed E-state index contributed by atoms with van der Waals surface area (Å²) in [6, 6.07) is 9.49. The van der Waals surface area contributed by atoms with Gasteiger partial charge in [0.1, 0.15) is 11.5 Å². The molecule has 0 saturated carbocycles. The fraction of sp³-hybridized carbons (Fsp3) is 0.316. The van der Waals surface area contributed by atoms with Crippen molar-refractivity contribution in [3.63, 3.8) is 0 Å². The summed E-state index contributed by atoms with van der Waals surface area (Å²) < 4.78 is 18.4. The molecule has 0 unspecified atom stereocenters. The smallest absolute Gasteiger partial charge is 0.274 e. The molecule has 1 saturated heterocycles. The topological polar surface area (TPSA) is 75.0 Å². The molecule has 26 heavy (non-hydrogen) atoms. The van der Waals surface area contributed by atoms with Crippen LogP contribution in [0.2, 0.25) is 0 Å². The number of rotatable bonds is 3. The highest BCUT2D eigenvalue weighted by Crippen LogP contribution is 2.27. The van der Waals surface area contributed by atoms with Gasteiger partial charge in [0.25, 0.3) is 11.8 Å². The Morgan fingerprint density at radius 2 is 2.08 bits per heavy atom. The van der Waals surface area contributed by atoms with Crippen molar-refractivity contribution in [3.8, 4) is 11.6 Å². The van der Waals surface area contributed by atoms with E-state index in [9.17, 15) is 9.18 Å². The first-order valence-corrected chi connectivity index (χ1v) is 8.64. The Bertz CT molecular complexity index is 916. The molecule has 2 aromatic heterocycles. The zero-order chi connectivity index (χ0) is 18.1. The number of carbonyl (C=O) groups excluding carboxylic acids is 1. The van der Waals surface area contributed by atoms with Crippen LogP contribution in [0.4, 0.5) is 4.39 Å². The van der Waals surface area contributed by atoms with E-state index in [1.165, 1.54) is 24.3 Å². The molecule has 4 rings (SSSR count). The van der Waals surface area contributed by atoms with E-state index in [0.29, 0.717) is 30.4 Å². The third-order valence-electron chi connectivity index (χ3n) is 4.67. The van der Waals surface area contributed by atoms with Crippen LogP contribution in [-0.4, -0.2) is 39.0 Å². The van der Waals surface area contributed by atoms with Crippen LogP contribution in [0.1, 0.15) is 40.6 Å². The van der Waals surface area contributed by atoms with Gasteiger partial charge in [0.15, 0.2) is 5.82 Å². The van der Waals surface area contributed by atoms with E-state index in [1.807, 2.05) is 19.1 Å². The Labute approximate surface area is 150 Å². The largest absolute Gasteiger partial charge is 0.355 e. The molecule has 3 aromatic rings. The van der Waals surface area contributed by atoms with Gasteiger partial charge < -0.3 is 14.4 Å². The highest BCUT2D eigenvalue weighted by atomic mass is 19.1. The molecule has 1 atom stereocenters. The van der Waals surface area contributed by atoms with E-state index in [-0.39, 0.29) is 17.6 Å². The van der Waals surface area contributed by atoms with Gasteiger partial charge in [-0.05, 0) is 56.2 Å². The van der Waals surface area contributed by atoms with Crippen molar-refractivity contribution in [2.75, 3.05) is 13.1 Å². The molecule has 1 fully saturated rings. The second-order valence-electron chi connectivity index (χ2n) is 6.61. The first kappa shape index (κ1) is 16.5. The number of aromatic amines is 1. The minimum atomic E-state index is -0.350. The third-order valence-corrected chi connectivity index (χ3v) is 4.67. The Morgan fingerprint density at radius 1 is 1.27 bits per heavy atom. The van der Waals surface area contributed by atoms with Crippen LogP contribution in [0, 0.1) is 12.7 Å². The maximum absolute atomic E-state index is 13.1. The molecule has 1 N–H and O–H groups in total. The summed E-state index contributed by atoms with van der Waals surface area (Å²) in [5, 5.41) is 4.11. The van der Waals surface area contributed by atoms with Gasteiger partial charge in [0, 0.05) is 30.3 Å². The van der Waals surface area contributed by atoms with E-state index in [1.54, 1.807) is 4.90 Å². The van der Waals surface area contributed by atoms with Crippen LogP contribution in [0.3, 0.4) is 0 Å². The van der Waals surface area contributed by atoms with Crippen molar-refractivity contribution in [2.45, 2.75) is 25.7 Å². The number of amides is 1. The SMILES string of the molecule is Cc1ccc(-c2nc([C@H]3CCCN(C(=O)c4ccc(F)cc4)C3)no2)[nH]1. The van der Waals surface area contributed by atoms with Gasteiger partial charge >= 0.3 is 0 Å². The number of benzene rings is 1. The lowest BCUT2D eigenvalue weighted by atomic mass is 9.96. The number of halogens is 1. The third kappa shape index (κ3) is 3.24. The van der Waals surface area contributed by atoms with Gasteiger partial charge in [-0.1, -0.05) is 5.16 Å². The quantitative estimate of drug-likeness (QED) is 0.781. The summed E-state index contributed by atoms with van der Waals surface area (Å²) >= 11 is 0. The summed E-state index contributed by atoms with van der Waals surface area (Å²) in [6.45, 7) is 3.16. The second-order valence-corrected chi connectivity index (χ2v) is 6.61. The van der Waals surface area contributed by atoms with Crippen molar-refractivity contribution in [3.05, 3.63) is 59.3 Å². The molecular weight excluding hydrogens is 335 g/mol. The number of carbonyl (C=O) groups is 1. The second kappa shape index (κ2) is 6.74. The van der Waals surface area contributed by atoms with Crippen LogP contribution < -0.4 is 0 Å². The first-order chi connectivity index (χ1) is 12.6. The summed E-state index contributed by atoms with van der Waals surface area (Å²) in [4.78, 5) is 22.1. The van der Waals surface area contributed by atoms with Crippen LogP contribution in [-0.2, 0) is 0 Å². The van der Waals surface area contributed by atoms with Gasteiger partial charge in [-0.2, -0.15) is 4.98 Å². The van der Waals surface area contributed by atoms with Gasteiger partial charge in [-0.25, -0.2) is 4.39 Å². The number of H-pyrrole nitrogens is 1. The van der Waals surface area contributed by atoms with Crippen molar-refractivity contribution in [2.24, 2.45) is 0 Å². The molecule has 0 bridgehead atoms. The highest BCUT2D eigenvalue weighted by molar-refractivity contribution is 5.94. The lowest BCUT2D eigenvalue weighted by Gasteiger charge is -2.31. The minimum Gasteiger partial charge on any atom is -0.355 e. The number of hydrogen-bond donors (Lipinski definition) is 1. The van der Waals surface area contributed by atoms with Crippen molar-refractivity contribution in [1.29, 1.82) is 0 Å². The van der Waals surface area contributed by atoms with Crippen molar-refractivity contribution >= 4 is 5.91 Å². The van der Waals surface area contributed by atoms with Crippen LogP contribution in [0.15, 0.2) is 40.9 Å². The molecule has 1 aromatic carbocycles. The standard InChI is InChI=1S/C19H19FN4O2/c1-12-4-9-16(21-12)18-22-17(23-26-18)14-3-2-10-24(11-14)19(25)13-5-7-15(20)8-6-13/h4-9,14,21H,2-3,10-11H2,1H3/t14-/m0/s1. The zero-order valence-electron chi connectivity index (χ0n) is 14.4. The number of aryl methyl sites for hydroxylation is 1. The molecule has 0 aliphatic carbocycles. The van der Waals surface area contributed by atoms with Crippen LogP contribution >= 0.6 is 0 Å². The molecule has 0 radical (unpaired) electrons. The van der Waals surface area contributed by atoms with E-state index in [0.717, 1.165) is 24.2 Å². The average molecular weight is 354 g/mol. The van der Waals surface area contributed by atoms with Gasteiger partial charge in [-0.15, -0.1) is 0 Å². The lowest BCUT2D eigenvalue weighted by molar-refractivity contribution is 0.0703. The highest BCUT2D eigenvalue weighted by Gasteiger charge is 2.28. The average Bonchev–Trinajstić information content (AvgIpc) is 3.31. The number of likely N-dealkylation sites (tertiary alicyclic amines) is 1. The molecule has 3 heterocycles. The fourth-order valence-electron chi connectivity index (χ4n) is 3.29. The minimum absolute atomic E-state index is 0.0294. The van der Waals surface area contributed by atoms with E-state index < -0.39 is 0 Å². The summed E-state index contributed by atoms with van der Waals surface area (Å²) in [5.74, 6) is 0.649. The van der Waals surface area contributed by atoms with Crippen LogP contribution in [0.5, 0.6) is 0 Å². The molecule has 7 heteroatoms.